The lowest BCUT2D eigenvalue weighted by molar-refractivity contribution is -0.133. The zero-order chi connectivity index (χ0) is 14.3. The lowest BCUT2D eigenvalue weighted by atomic mass is 9.90. The van der Waals surface area contributed by atoms with Crippen molar-refractivity contribution in [2.45, 2.75) is 32.4 Å². The Morgan fingerprint density at radius 2 is 2.15 bits per heavy atom. The Balaban J connectivity index is 2.03. The van der Waals surface area contributed by atoms with Crippen LogP contribution in [0.25, 0.3) is 0 Å². The summed E-state index contributed by atoms with van der Waals surface area (Å²) in [5.74, 6) is -0.375. The van der Waals surface area contributed by atoms with Crippen molar-refractivity contribution in [3.05, 3.63) is 47.3 Å². The van der Waals surface area contributed by atoms with Crippen LogP contribution in [0.5, 0.6) is 0 Å². The summed E-state index contributed by atoms with van der Waals surface area (Å²) in [7, 11) is 0. The molecule has 2 heterocycles. The van der Waals surface area contributed by atoms with Crippen LogP contribution in [-0.2, 0) is 23.4 Å². The number of carbonyl (C=O) groups is 1. The van der Waals surface area contributed by atoms with Crippen LogP contribution in [0.2, 0.25) is 0 Å². The highest BCUT2D eigenvalue weighted by Gasteiger charge is 2.45. The van der Waals surface area contributed by atoms with E-state index in [1.165, 1.54) is 0 Å². The lowest BCUT2D eigenvalue weighted by Crippen LogP contribution is -2.37. The predicted molar refractivity (Wildman–Crippen MR) is 75.3 cm³/mol. The molecule has 0 saturated heterocycles. The second kappa shape index (κ2) is 4.45. The number of aromatic nitrogens is 2. The van der Waals surface area contributed by atoms with Crippen molar-refractivity contribution in [2.75, 3.05) is 5.32 Å². The summed E-state index contributed by atoms with van der Waals surface area (Å²) in [4.78, 5) is 12.2. The number of carbonyl (C=O) groups excluding carboxylic acids is 1. The molecule has 1 atom stereocenters. The summed E-state index contributed by atoms with van der Waals surface area (Å²) in [6.07, 6.45) is 0.227. The maximum Gasteiger partial charge on any atom is 0.261 e. The van der Waals surface area contributed by atoms with Crippen LogP contribution >= 0.6 is 0 Å². The van der Waals surface area contributed by atoms with Crippen LogP contribution < -0.4 is 5.32 Å². The van der Waals surface area contributed by atoms with Crippen LogP contribution in [0.15, 0.2) is 30.3 Å². The molecule has 1 amide bonds. The molecule has 0 spiro atoms. The number of aliphatic hydroxyl groups is 1. The molecular formula is C15H17N3O2. The molecular weight excluding hydrogens is 254 g/mol. The first-order valence-electron chi connectivity index (χ1n) is 6.71. The van der Waals surface area contributed by atoms with Crippen LogP contribution in [0.3, 0.4) is 0 Å². The van der Waals surface area contributed by atoms with Crippen molar-refractivity contribution >= 4 is 11.6 Å². The molecule has 0 saturated carbocycles. The summed E-state index contributed by atoms with van der Waals surface area (Å²) in [6, 6.07) is 9.16. The molecule has 1 aliphatic rings. The number of nitrogens with zero attached hydrogens (tertiary/aromatic N) is 2. The number of amides is 1. The van der Waals surface area contributed by atoms with Gasteiger partial charge in [-0.25, -0.2) is 0 Å². The molecule has 1 unspecified atom stereocenters. The third-order valence-electron chi connectivity index (χ3n) is 3.72. The van der Waals surface area contributed by atoms with Crippen LogP contribution in [-0.4, -0.2) is 20.8 Å². The highest BCUT2D eigenvalue weighted by Crippen LogP contribution is 2.38. The topological polar surface area (TPSA) is 67.1 Å². The Labute approximate surface area is 117 Å². The molecule has 3 rings (SSSR count). The van der Waals surface area contributed by atoms with E-state index in [2.05, 4.69) is 10.4 Å². The first-order chi connectivity index (χ1) is 9.54. The van der Waals surface area contributed by atoms with Gasteiger partial charge in [0.1, 0.15) is 0 Å². The smallest absolute Gasteiger partial charge is 0.261 e. The highest BCUT2D eigenvalue weighted by molar-refractivity contribution is 6.05. The second-order valence-electron chi connectivity index (χ2n) is 5.13. The number of anilines is 1. The molecule has 1 aliphatic heterocycles. The van der Waals surface area contributed by atoms with Gasteiger partial charge in [-0.05, 0) is 26.0 Å². The Hall–Kier alpha value is -2.14. The standard InChI is InChI=1S/C15H17N3O2/c1-3-18-11(8-10(2)17-18)9-15(20)12-6-4-5-7-13(12)16-14(15)19/h4-8,20H,3,9H2,1-2H3,(H,16,19). The molecule has 5 nitrogen and oxygen atoms in total. The summed E-state index contributed by atoms with van der Waals surface area (Å²) < 4.78 is 1.82. The van der Waals surface area contributed by atoms with E-state index in [4.69, 9.17) is 0 Å². The van der Waals surface area contributed by atoms with E-state index in [0.29, 0.717) is 17.8 Å². The van der Waals surface area contributed by atoms with Crippen molar-refractivity contribution in [2.24, 2.45) is 0 Å². The van der Waals surface area contributed by atoms with Crippen LogP contribution in [0.1, 0.15) is 23.9 Å². The van der Waals surface area contributed by atoms with E-state index in [1.807, 2.05) is 36.7 Å². The maximum absolute atomic E-state index is 12.2. The number of rotatable bonds is 3. The number of nitrogens with one attached hydrogen (secondary N) is 1. The van der Waals surface area contributed by atoms with Gasteiger partial charge in [-0.1, -0.05) is 18.2 Å². The maximum atomic E-state index is 12.2. The molecule has 2 aromatic rings. The zero-order valence-electron chi connectivity index (χ0n) is 11.6. The summed E-state index contributed by atoms with van der Waals surface area (Å²) in [5.41, 5.74) is 1.54. The third-order valence-corrected chi connectivity index (χ3v) is 3.72. The average Bonchev–Trinajstić information content (AvgIpc) is 2.89. The van der Waals surface area contributed by atoms with Gasteiger partial charge in [0.15, 0.2) is 5.60 Å². The highest BCUT2D eigenvalue weighted by atomic mass is 16.3. The molecule has 1 aromatic carbocycles. The van der Waals surface area contributed by atoms with Gasteiger partial charge in [-0.15, -0.1) is 0 Å². The van der Waals surface area contributed by atoms with Gasteiger partial charge >= 0.3 is 0 Å². The van der Waals surface area contributed by atoms with Gasteiger partial charge in [0.05, 0.1) is 5.69 Å². The lowest BCUT2D eigenvalue weighted by Gasteiger charge is -2.21. The van der Waals surface area contributed by atoms with E-state index in [0.717, 1.165) is 11.4 Å². The van der Waals surface area contributed by atoms with Crippen LogP contribution in [0, 0.1) is 6.92 Å². The second-order valence-corrected chi connectivity index (χ2v) is 5.13. The monoisotopic (exact) mass is 271 g/mol. The van der Waals surface area contributed by atoms with E-state index in [-0.39, 0.29) is 12.3 Å². The first kappa shape index (κ1) is 12.9. The molecule has 0 aliphatic carbocycles. The van der Waals surface area contributed by atoms with Gasteiger partial charge in [0.25, 0.3) is 5.91 Å². The first-order valence-corrected chi connectivity index (χ1v) is 6.71. The number of hydrogen-bond donors (Lipinski definition) is 2. The third kappa shape index (κ3) is 1.82. The van der Waals surface area contributed by atoms with E-state index in [9.17, 15) is 9.90 Å². The fourth-order valence-electron chi connectivity index (χ4n) is 2.75. The van der Waals surface area contributed by atoms with E-state index < -0.39 is 5.60 Å². The minimum absolute atomic E-state index is 0.227. The van der Waals surface area contributed by atoms with Gasteiger partial charge in [-0.3, -0.25) is 9.48 Å². The van der Waals surface area contributed by atoms with Crippen molar-refractivity contribution in [3.63, 3.8) is 0 Å². The van der Waals surface area contributed by atoms with Gasteiger partial charge in [0.2, 0.25) is 0 Å². The summed E-state index contributed by atoms with van der Waals surface area (Å²) in [6.45, 7) is 4.60. The predicted octanol–water partition coefficient (Wildman–Crippen LogP) is 1.59. The summed E-state index contributed by atoms with van der Waals surface area (Å²) in [5, 5.41) is 17.9. The minimum atomic E-state index is -1.52. The Morgan fingerprint density at radius 3 is 2.90 bits per heavy atom. The Bertz CT molecular complexity index is 678. The zero-order valence-corrected chi connectivity index (χ0v) is 11.6. The molecule has 1 aromatic heterocycles. The fraction of sp³-hybridized carbons (Fsp3) is 0.333. The SMILES string of the molecule is CCn1nc(C)cc1CC1(O)C(=O)Nc2ccccc21. The molecule has 5 heteroatoms. The summed E-state index contributed by atoms with van der Waals surface area (Å²) >= 11 is 0. The molecule has 0 bridgehead atoms. The number of fused-ring (bicyclic) bond motifs is 1. The largest absolute Gasteiger partial charge is 0.375 e. The average molecular weight is 271 g/mol. The number of hydrogen-bond acceptors (Lipinski definition) is 3. The number of benzene rings is 1. The van der Waals surface area contributed by atoms with Crippen molar-refractivity contribution in [1.82, 2.24) is 9.78 Å². The van der Waals surface area contributed by atoms with Crippen LogP contribution in [0.4, 0.5) is 5.69 Å². The molecule has 0 fully saturated rings. The van der Waals surface area contributed by atoms with Crippen molar-refractivity contribution in [1.29, 1.82) is 0 Å². The fourth-order valence-corrected chi connectivity index (χ4v) is 2.75. The van der Waals surface area contributed by atoms with Gasteiger partial charge < -0.3 is 10.4 Å². The molecule has 2 N–H and O–H groups in total. The molecule has 0 radical (unpaired) electrons. The van der Waals surface area contributed by atoms with Crippen molar-refractivity contribution < 1.29 is 9.90 Å². The van der Waals surface area contributed by atoms with Crippen molar-refractivity contribution in [3.8, 4) is 0 Å². The van der Waals surface area contributed by atoms with E-state index >= 15 is 0 Å². The Kier molecular flexibility index (Phi) is 2.87. The van der Waals surface area contributed by atoms with Gasteiger partial charge in [0, 0.05) is 29.9 Å². The Morgan fingerprint density at radius 1 is 1.40 bits per heavy atom. The quantitative estimate of drug-likeness (QED) is 0.891. The normalized spacial score (nSPS) is 20.9. The van der Waals surface area contributed by atoms with E-state index in [1.54, 1.807) is 12.1 Å². The minimum Gasteiger partial charge on any atom is -0.375 e. The number of para-hydroxylation sites is 1. The number of aryl methyl sites for hydroxylation is 2. The van der Waals surface area contributed by atoms with Gasteiger partial charge in [-0.2, -0.15) is 5.10 Å². The molecule has 20 heavy (non-hydrogen) atoms. The molecule has 104 valence electrons.